The van der Waals surface area contributed by atoms with Gasteiger partial charge < -0.3 is 0 Å². The molecule has 3 heteroatoms. The van der Waals surface area contributed by atoms with Crippen molar-refractivity contribution < 1.29 is 8.42 Å². The van der Waals surface area contributed by atoms with E-state index in [-0.39, 0.29) is 11.7 Å². The van der Waals surface area contributed by atoms with Crippen LogP contribution < -0.4 is 0 Å². The van der Waals surface area contributed by atoms with Crippen LogP contribution in [0.3, 0.4) is 0 Å². The van der Waals surface area contributed by atoms with Crippen LogP contribution in [0.5, 0.6) is 0 Å². The number of rotatable bonds is 2. The highest BCUT2D eigenvalue weighted by Crippen LogP contribution is 1.95. The van der Waals surface area contributed by atoms with Gasteiger partial charge in [-0.2, -0.15) is 0 Å². The van der Waals surface area contributed by atoms with Crippen molar-refractivity contribution in [1.29, 1.82) is 0 Å². The molecule has 0 aliphatic heterocycles. The summed E-state index contributed by atoms with van der Waals surface area (Å²) in [4.78, 5) is 0. The van der Waals surface area contributed by atoms with Crippen LogP contribution in [0, 0.1) is 18.3 Å². The van der Waals surface area contributed by atoms with Crippen molar-refractivity contribution in [2.75, 3.05) is 12.0 Å². The summed E-state index contributed by atoms with van der Waals surface area (Å²) >= 11 is 0. The minimum absolute atomic E-state index is 0.0868. The molecular formula is C6H10O2S. The van der Waals surface area contributed by atoms with Crippen molar-refractivity contribution >= 4 is 9.84 Å². The molecule has 9 heavy (non-hydrogen) atoms. The van der Waals surface area contributed by atoms with Crippen molar-refractivity contribution in [1.82, 2.24) is 0 Å². The lowest BCUT2D eigenvalue weighted by molar-refractivity contribution is 0.595. The van der Waals surface area contributed by atoms with Gasteiger partial charge >= 0.3 is 0 Å². The first-order valence-electron chi connectivity index (χ1n) is 2.59. The molecule has 0 spiro atoms. The zero-order valence-corrected chi connectivity index (χ0v) is 6.40. The van der Waals surface area contributed by atoms with Crippen molar-refractivity contribution in [2.24, 2.45) is 5.92 Å². The van der Waals surface area contributed by atoms with Crippen LogP contribution in [-0.2, 0) is 9.84 Å². The highest BCUT2D eigenvalue weighted by molar-refractivity contribution is 7.90. The molecule has 0 aliphatic rings. The predicted octanol–water partition coefficient (Wildman–Crippen LogP) is 0.300. The Balaban J connectivity index is 3.94. The van der Waals surface area contributed by atoms with Crippen LogP contribution in [0.4, 0.5) is 0 Å². The molecule has 0 saturated carbocycles. The van der Waals surface area contributed by atoms with E-state index in [2.05, 4.69) is 5.92 Å². The summed E-state index contributed by atoms with van der Waals surface area (Å²) in [6, 6.07) is 0. The highest BCUT2D eigenvalue weighted by atomic mass is 32.2. The maximum atomic E-state index is 10.5. The van der Waals surface area contributed by atoms with Gasteiger partial charge in [0.1, 0.15) is 9.84 Å². The van der Waals surface area contributed by atoms with Gasteiger partial charge in [-0.25, -0.2) is 8.42 Å². The molecule has 0 heterocycles. The van der Waals surface area contributed by atoms with Crippen LogP contribution >= 0.6 is 0 Å². The quantitative estimate of drug-likeness (QED) is 0.525. The normalized spacial score (nSPS) is 14.3. The molecule has 0 amide bonds. The molecule has 2 nitrogen and oxygen atoms in total. The molecule has 0 bridgehead atoms. The van der Waals surface area contributed by atoms with E-state index in [0.717, 1.165) is 0 Å². The van der Waals surface area contributed by atoms with E-state index in [9.17, 15) is 8.42 Å². The van der Waals surface area contributed by atoms with Gasteiger partial charge in [0.2, 0.25) is 0 Å². The second kappa shape index (κ2) is 2.88. The Bertz CT molecular complexity index is 208. The van der Waals surface area contributed by atoms with E-state index in [0.29, 0.717) is 0 Å². The minimum atomic E-state index is -2.88. The monoisotopic (exact) mass is 146 g/mol. The second-order valence-corrected chi connectivity index (χ2v) is 4.34. The smallest absolute Gasteiger partial charge is 0.148 e. The summed E-state index contributed by atoms with van der Waals surface area (Å²) in [5, 5.41) is 0. The van der Waals surface area contributed by atoms with Crippen LogP contribution in [0.2, 0.25) is 0 Å². The molecule has 0 aliphatic carbocycles. The lowest BCUT2D eigenvalue weighted by Gasteiger charge is -1.98. The topological polar surface area (TPSA) is 34.1 Å². The fraction of sp³-hybridized carbons (Fsp3) is 0.667. The zero-order chi connectivity index (χ0) is 7.49. The summed E-state index contributed by atoms with van der Waals surface area (Å²) in [5.74, 6) is 2.26. The van der Waals surface area contributed by atoms with Gasteiger partial charge in [-0.05, 0) is 0 Å². The van der Waals surface area contributed by atoms with Gasteiger partial charge in [0.05, 0.1) is 5.75 Å². The molecule has 0 rings (SSSR count). The SMILES string of the molecule is C#CC(C)CS(C)(=O)=O. The minimum Gasteiger partial charge on any atom is -0.229 e. The van der Waals surface area contributed by atoms with E-state index in [1.807, 2.05) is 0 Å². The lowest BCUT2D eigenvalue weighted by Crippen LogP contribution is -2.09. The average Bonchev–Trinajstić information content (AvgIpc) is 1.62. The van der Waals surface area contributed by atoms with Crippen LogP contribution in [0.25, 0.3) is 0 Å². The van der Waals surface area contributed by atoms with Gasteiger partial charge in [0, 0.05) is 12.2 Å². The summed E-state index contributed by atoms with van der Waals surface area (Å²) in [5.41, 5.74) is 0. The summed E-state index contributed by atoms with van der Waals surface area (Å²) in [6.45, 7) is 1.71. The molecular weight excluding hydrogens is 136 g/mol. The number of hydrogen-bond acceptors (Lipinski definition) is 2. The largest absolute Gasteiger partial charge is 0.229 e. The molecule has 0 aromatic carbocycles. The Morgan fingerprint density at radius 2 is 2.11 bits per heavy atom. The number of terminal acetylenes is 1. The van der Waals surface area contributed by atoms with E-state index >= 15 is 0 Å². The Hall–Kier alpha value is -0.490. The van der Waals surface area contributed by atoms with Crippen molar-refractivity contribution in [3.63, 3.8) is 0 Å². The Morgan fingerprint density at radius 3 is 2.22 bits per heavy atom. The van der Waals surface area contributed by atoms with Crippen LogP contribution in [0.15, 0.2) is 0 Å². The third-order valence-corrected chi connectivity index (χ3v) is 1.94. The maximum absolute atomic E-state index is 10.5. The van der Waals surface area contributed by atoms with Gasteiger partial charge in [-0.3, -0.25) is 0 Å². The summed E-state index contributed by atoms with van der Waals surface area (Å²) in [7, 11) is -2.88. The molecule has 0 fully saturated rings. The molecule has 1 unspecified atom stereocenters. The third kappa shape index (κ3) is 5.38. The predicted molar refractivity (Wildman–Crippen MR) is 37.7 cm³/mol. The van der Waals surface area contributed by atoms with Crippen molar-refractivity contribution in [2.45, 2.75) is 6.92 Å². The molecule has 0 aromatic heterocycles. The highest BCUT2D eigenvalue weighted by Gasteiger charge is 2.06. The van der Waals surface area contributed by atoms with E-state index < -0.39 is 9.84 Å². The molecule has 0 saturated heterocycles. The standard InChI is InChI=1S/C6H10O2S/c1-4-6(2)5-9(3,7)8/h1,6H,5H2,2-3H3. The Kier molecular flexibility index (Phi) is 2.72. The van der Waals surface area contributed by atoms with E-state index in [1.54, 1.807) is 6.92 Å². The first-order chi connectivity index (χ1) is 3.95. The van der Waals surface area contributed by atoms with E-state index in [4.69, 9.17) is 6.42 Å². The number of sulfone groups is 1. The Labute approximate surface area is 56.2 Å². The second-order valence-electron chi connectivity index (χ2n) is 2.16. The van der Waals surface area contributed by atoms with Crippen molar-refractivity contribution in [3.05, 3.63) is 0 Å². The van der Waals surface area contributed by atoms with Gasteiger partial charge in [-0.15, -0.1) is 12.3 Å². The summed E-state index contributed by atoms with van der Waals surface area (Å²) in [6.07, 6.45) is 6.15. The van der Waals surface area contributed by atoms with Crippen molar-refractivity contribution in [3.8, 4) is 12.3 Å². The first kappa shape index (κ1) is 8.51. The molecule has 0 aromatic rings. The Morgan fingerprint density at radius 1 is 1.67 bits per heavy atom. The summed E-state index contributed by atoms with van der Waals surface area (Å²) < 4.78 is 21.0. The molecule has 52 valence electrons. The fourth-order valence-electron chi connectivity index (χ4n) is 0.502. The zero-order valence-electron chi connectivity index (χ0n) is 5.59. The molecule has 0 N–H and O–H groups in total. The van der Waals surface area contributed by atoms with Gasteiger partial charge in [0.25, 0.3) is 0 Å². The van der Waals surface area contributed by atoms with Crippen LogP contribution in [0.1, 0.15) is 6.92 Å². The van der Waals surface area contributed by atoms with Gasteiger partial charge in [-0.1, -0.05) is 6.92 Å². The lowest BCUT2D eigenvalue weighted by atomic mass is 10.2. The maximum Gasteiger partial charge on any atom is 0.148 e. The van der Waals surface area contributed by atoms with E-state index in [1.165, 1.54) is 6.26 Å². The molecule has 0 radical (unpaired) electrons. The molecule has 1 atom stereocenters. The van der Waals surface area contributed by atoms with Gasteiger partial charge in [0.15, 0.2) is 0 Å². The number of hydrogen-bond donors (Lipinski definition) is 0. The third-order valence-electron chi connectivity index (χ3n) is 0.837. The average molecular weight is 146 g/mol. The fourth-order valence-corrected chi connectivity index (χ4v) is 1.51. The first-order valence-corrected chi connectivity index (χ1v) is 4.65. The van der Waals surface area contributed by atoms with Crippen LogP contribution in [-0.4, -0.2) is 20.4 Å².